The molecule has 0 radical (unpaired) electrons. The van der Waals surface area contributed by atoms with Crippen molar-refractivity contribution in [1.29, 1.82) is 0 Å². The van der Waals surface area contributed by atoms with Crippen LogP contribution < -0.4 is 4.90 Å². The smallest absolute Gasteiger partial charge is 0.321 e. The van der Waals surface area contributed by atoms with Gasteiger partial charge in [0, 0.05) is 20.3 Å². The first-order chi connectivity index (χ1) is 14.2. The number of rotatable bonds is 7. The lowest BCUT2D eigenvalue weighted by Crippen LogP contribution is -2.50. The number of esters is 1. The lowest BCUT2D eigenvalue weighted by molar-refractivity contribution is -0.153. The van der Waals surface area contributed by atoms with E-state index >= 15 is 0 Å². The van der Waals surface area contributed by atoms with Crippen LogP contribution in [0, 0.1) is 5.92 Å². The van der Waals surface area contributed by atoms with Gasteiger partial charge in [0.25, 0.3) is 0 Å². The van der Waals surface area contributed by atoms with Gasteiger partial charge in [-0.05, 0) is 37.6 Å². The monoisotopic (exact) mass is 397 g/mol. The van der Waals surface area contributed by atoms with Crippen molar-refractivity contribution >= 4 is 28.9 Å². The van der Waals surface area contributed by atoms with Crippen LogP contribution in [0.2, 0.25) is 0 Å². The third-order valence-corrected chi connectivity index (χ3v) is 5.05. The molecule has 152 valence electrons. The lowest BCUT2D eigenvalue weighted by atomic mass is 9.93. The Labute approximate surface area is 168 Å². The van der Waals surface area contributed by atoms with Gasteiger partial charge in [-0.3, -0.25) is 19.1 Å². The average Bonchev–Trinajstić information content (AvgIpc) is 3.37. The molecule has 0 saturated heterocycles. The Bertz CT molecular complexity index is 1010. The second kappa shape index (κ2) is 8.08. The molecule has 1 aliphatic rings. The third kappa shape index (κ3) is 3.29. The molecule has 0 unspecified atom stereocenters. The van der Waals surface area contributed by atoms with Crippen LogP contribution in [-0.2, 0) is 19.1 Å². The van der Waals surface area contributed by atoms with Crippen molar-refractivity contribution in [3.8, 4) is 0 Å². The fourth-order valence-electron chi connectivity index (χ4n) is 3.84. The summed E-state index contributed by atoms with van der Waals surface area (Å²) in [5.74, 6) is -0.969. The minimum Gasteiger partial charge on any atom is -0.467 e. The van der Waals surface area contributed by atoms with Gasteiger partial charge in [-0.2, -0.15) is 0 Å². The van der Waals surface area contributed by atoms with Crippen LogP contribution in [0.15, 0.2) is 47.1 Å². The molecule has 29 heavy (non-hydrogen) atoms. The molecule has 0 fully saturated rings. The zero-order chi connectivity index (χ0) is 20.4. The van der Waals surface area contributed by atoms with Gasteiger partial charge in [-0.15, -0.1) is 0 Å². The molecule has 0 bridgehead atoms. The number of anilines is 1. The summed E-state index contributed by atoms with van der Waals surface area (Å²) in [6.45, 7) is 2.79. The van der Waals surface area contributed by atoms with Gasteiger partial charge in [0.1, 0.15) is 11.8 Å². The first kappa shape index (κ1) is 19.2. The van der Waals surface area contributed by atoms with E-state index in [2.05, 4.69) is 0 Å². The van der Waals surface area contributed by atoms with Gasteiger partial charge in [-0.25, -0.2) is 4.98 Å². The second-order valence-corrected chi connectivity index (χ2v) is 6.80. The first-order valence-electron chi connectivity index (χ1n) is 9.64. The highest BCUT2D eigenvalue weighted by Crippen LogP contribution is 2.41. The van der Waals surface area contributed by atoms with Gasteiger partial charge in [-0.1, -0.05) is 12.1 Å². The van der Waals surface area contributed by atoms with Crippen LogP contribution in [0.3, 0.4) is 0 Å². The van der Waals surface area contributed by atoms with E-state index in [4.69, 9.17) is 18.9 Å². The molecule has 8 heteroatoms. The minimum atomic E-state index is -1.06. The number of fused-ring (bicyclic) bond motifs is 3. The van der Waals surface area contributed by atoms with Gasteiger partial charge in [0.2, 0.25) is 11.9 Å². The molecule has 0 N–H and O–H groups in total. The van der Waals surface area contributed by atoms with E-state index in [0.29, 0.717) is 31.3 Å². The highest BCUT2D eigenvalue weighted by molar-refractivity contribution is 6.08. The maximum atomic E-state index is 13.5. The van der Waals surface area contributed by atoms with Crippen molar-refractivity contribution in [3.05, 3.63) is 48.4 Å². The summed E-state index contributed by atoms with van der Waals surface area (Å²) in [4.78, 5) is 32.6. The Kier molecular flexibility index (Phi) is 5.35. The van der Waals surface area contributed by atoms with Crippen LogP contribution in [0.5, 0.6) is 0 Å². The first-order valence-corrected chi connectivity index (χ1v) is 9.64. The molecule has 1 aliphatic heterocycles. The number of nitrogens with zero attached hydrogens (tertiary/aromatic N) is 3. The van der Waals surface area contributed by atoms with Crippen LogP contribution in [0.25, 0.3) is 11.0 Å². The zero-order valence-electron chi connectivity index (χ0n) is 16.4. The topological polar surface area (TPSA) is 86.8 Å². The summed E-state index contributed by atoms with van der Waals surface area (Å²) in [5, 5.41) is 0. The van der Waals surface area contributed by atoms with Gasteiger partial charge < -0.3 is 13.9 Å². The Balaban J connectivity index is 1.91. The molecule has 3 heterocycles. The summed E-state index contributed by atoms with van der Waals surface area (Å²) in [6, 6.07) is 10.4. The molecule has 4 rings (SSSR count). The molecular weight excluding hydrogens is 374 g/mol. The summed E-state index contributed by atoms with van der Waals surface area (Å²) in [6.07, 6.45) is 2.15. The molecule has 2 aromatic heterocycles. The van der Waals surface area contributed by atoms with Crippen LogP contribution in [-0.4, -0.2) is 48.3 Å². The van der Waals surface area contributed by atoms with E-state index in [1.807, 2.05) is 28.8 Å². The molecule has 0 saturated carbocycles. The number of aromatic nitrogens is 2. The molecule has 8 nitrogen and oxygen atoms in total. The number of carbonyl (C=O) groups is 2. The number of para-hydroxylation sites is 2. The number of carbonyl (C=O) groups excluding carboxylic acids is 2. The summed E-state index contributed by atoms with van der Waals surface area (Å²) >= 11 is 0. The van der Waals surface area contributed by atoms with Crippen molar-refractivity contribution in [2.45, 2.75) is 19.4 Å². The normalized spacial score (nSPS) is 18.8. The largest absolute Gasteiger partial charge is 0.467 e. The van der Waals surface area contributed by atoms with Gasteiger partial charge in [0.05, 0.1) is 23.9 Å². The van der Waals surface area contributed by atoms with Crippen LogP contribution >= 0.6 is 0 Å². The lowest BCUT2D eigenvalue weighted by Gasteiger charge is -2.36. The fraction of sp³-hybridized carbons (Fsp3) is 0.381. The molecular formula is C21H23N3O5. The third-order valence-electron chi connectivity index (χ3n) is 5.05. The van der Waals surface area contributed by atoms with E-state index in [0.717, 1.165) is 11.0 Å². The maximum Gasteiger partial charge on any atom is 0.321 e. The number of imidazole rings is 1. The molecule has 1 amide bonds. The fourth-order valence-corrected chi connectivity index (χ4v) is 3.84. The van der Waals surface area contributed by atoms with Crippen LogP contribution in [0.1, 0.15) is 25.1 Å². The number of methoxy groups -OCH3 is 1. The van der Waals surface area contributed by atoms with Gasteiger partial charge >= 0.3 is 5.97 Å². The molecule has 3 aromatic rings. The Morgan fingerprint density at radius 1 is 1.24 bits per heavy atom. The van der Waals surface area contributed by atoms with E-state index in [1.165, 1.54) is 6.26 Å². The number of hydrogen-bond acceptors (Lipinski definition) is 6. The molecule has 0 aliphatic carbocycles. The summed E-state index contributed by atoms with van der Waals surface area (Å²) in [7, 11) is 1.61. The van der Waals surface area contributed by atoms with Crippen LogP contribution in [0.4, 0.5) is 5.95 Å². The number of amides is 1. The SMILES string of the molecule is CCOC(=O)[C@@H]1C(=O)N(CCCOC)c2nc3ccccc3n2[C@@H]1c1ccco1. The van der Waals surface area contributed by atoms with E-state index < -0.39 is 17.9 Å². The van der Waals surface area contributed by atoms with Crippen molar-refractivity contribution < 1.29 is 23.5 Å². The quantitative estimate of drug-likeness (QED) is 0.346. The van der Waals surface area contributed by atoms with Crippen molar-refractivity contribution in [2.24, 2.45) is 5.92 Å². The highest BCUT2D eigenvalue weighted by atomic mass is 16.5. The van der Waals surface area contributed by atoms with E-state index in [9.17, 15) is 9.59 Å². The Morgan fingerprint density at radius 2 is 2.07 bits per heavy atom. The zero-order valence-corrected chi connectivity index (χ0v) is 16.4. The average molecular weight is 397 g/mol. The Morgan fingerprint density at radius 3 is 2.79 bits per heavy atom. The summed E-state index contributed by atoms with van der Waals surface area (Å²) in [5.41, 5.74) is 1.57. The minimum absolute atomic E-state index is 0.189. The molecule has 1 aromatic carbocycles. The highest BCUT2D eigenvalue weighted by Gasteiger charge is 2.48. The van der Waals surface area contributed by atoms with E-state index in [-0.39, 0.29) is 12.5 Å². The number of benzene rings is 1. The summed E-state index contributed by atoms with van der Waals surface area (Å²) < 4.78 is 18.0. The van der Waals surface area contributed by atoms with Crippen molar-refractivity contribution in [2.75, 3.05) is 31.8 Å². The number of ether oxygens (including phenoxy) is 2. The predicted octanol–water partition coefficient (Wildman–Crippen LogP) is 2.78. The number of furan rings is 1. The molecule has 2 atom stereocenters. The second-order valence-electron chi connectivity index (χ2n) is 6.80. The number of hydrogen-bond donors (Lipinski definition) is 0. The Hall–Kier alpha value is -3.13. The van der Waals surface area contributed by atoms with E-state index in [1.54, 1.807) is 31.1 Å². The maximum absolute atomic E-state index is 13.5. The van der Waals surface area contributed by atoms with Gasteiger partial charge in [0.15, 0.2) is 5.92 Å². The van der Waals surface area contributed by atoms with Crippen molar-refractivity contribution in [3.63, 3.8) is 0 Å². The van der Waals surface area contributed by atoms with Crippen molar-refractivity contribution in [1.82, 2.24) is 9.55 Å². The predicted molar refractivity (Wildman–Crippen MR) is 106 cm³/mol. The molecule has 0 spiro atoms. The standard InChI is InChI=1S/C21H23N3O5/c1-3-28-20(26)17-18(16-10-6-13-29-16)24-15-9-5-4-8-14(15)22-21(24)23(19(17)25)11-7-12-27-2/h4-6,8-10,13,17-18H,3,7,11-12H2,1-2H3/t17-,18+/m0/s1.